The number of methoxy groups -OCH3 is 2. The van der Waals surface area contributed by atoms with Crippen LogP contribution in [0, 0.1) is 0 Å². The summed E-state index contributed by atoms with van der Waals surface area (Å²) < 4.78 is 22.0. The molecular weight excluding hydrogens is 362 g/mol. The molecule has 4 rings (SSSR count). The van der Waals surface area contributed by atoms with Crippen molar-refractivity contribution in [1.29, 1.82) is 0 Å². The number of carboxylic acid groups (broad SMARTS) is 1. The van der Waals surface area contributed by atoms with E-state index in [2.05, 4.69) is 0 Å². The summed E-state index contributed by atoms with van der Waals surface area (Å²) in [7, 11) is 3.21. The summed E-state index contributed by atoms with van der Waals surface area (Å²) in [5.41, 5.74) is 2.88. The van der Waals surface area contributed by atoms with Gasteiger partial charge in [0.2, 0.25) is 0 Å². The van der Waals surface area contributed by atoms with E-state index in [1.54, 1.807) is 32.4 Å². The van der Waals surface area contributed by atoms with Crippen molar-refractivity contribution in [2.24, 2.45) is 0 Å². The van der Waals surface area contributed by atoms with Crippen LogP contribution < -0.4 is 18.9 Å². The van der Waals surface area contributed by atoms with Crippen molar-refractivity contribution >= 4 is 5.97 Å². The smallest absolute Gasteiger partial charge is 0.325 e. The number of nitrogens with zero attached hydrogens (tertiary/aromatic N) is 1. The monoisotopic (exact) mass is 385 g/mol. The number of rotatable bonds is 5. The van der Waals surface area contributed by atoms with Crippen molar-refractivity contribution < 1.29 is 28.8 Å². The Balaban J connectivity index is 1.64. The van der Waals surface area contributed by atoms with E-state index < -0.39 is 12.0 Å². The van der Waals surface area contributed by atoms with E-state index in [4.69, 9.17) is 18.9 Å². The summed E-state index contributed by atoms with van der Waals surface area (Å²) in [5.74, 6) is 1.70. The molecule has 0 saturated carbocycles. The lowest BCUT2D eigenvalue weighted by Gasteiger charge is -2.34. The van der Waals surface area contributed by atoms with Gasteiger partial charge in [0, 0.05) is 13.1 Å². The maximum Gasteiger partial charge on any atom is 0.325 e. The molecular formula is C21H23NO6. The van der Waals surface area contributed by atoms with Crippen LogP contribution in [0.2, 0.25) is 0 Å². The van der Waals surface area contributed by atoms with E-state index in [-0.39, 0.29) is 0 Å². The number of hydrogen-bond donors (Lipinski definition) is 1. The standard InChI is InChI=1S/C21H23NO6/c1-25-17-9-13-5-6-22(12-15(13)11-18(17)26-2)20(21(23)24)14-3-4-16-19(10-14)28-8-7-27-16/h3-4,9-11,20H,5-8,12H2,1-2H3,(H,23,24)/t20-/m0/s1. The summed E-state index contributed by atoms with van der Waals surface area (Å²) in [6.45, 7) is 2.12. The molecule has 2 aromatic carbocycles. The average molecular weight is 385 g/mol. The van der Waals surface area contributed by atoms with Gasteiger partial charge in [0.15, 0.2) is 23.0 Å². The van der Waals surface area contributed by atoms with Crippen LogP contribution in [0.4, 0.5) is 0 Å². The highest BCUT2D eigenvalue weighted by molar-refractivity contribution is 5.76. The maximum absolute atomic E-state index is 12.1. The first-order valence-electron chi connectivity index (χ1n) is 9.21. The highest BCUT2D eigenvalue weighted by atomic mass is 16.6. The largest absolute Gasteiger partial charge is 0.493 e. The molecule has 2 aromatic rings. The quantitative estimate of drug-likeness (QED) is 0.848. The minimum atomic E-state index is -0.888. The summed E-state index contributed by atoms with van der Waals surface area (Å²) in [6.07, 6.45) is 0.740. The number of carboxylic acids is 1. The van der Waals surface area contributed by atoms with Crippen molar-refractivity contribution in [3.8, 4) is 23.0 Å². The van der Waals surface area contributed by atoms with Crippen LogP contribution >= 0.6 is 0 Å². The van der Waals surface area contributed by atoms with Crippen molar-refractivity contribution in [2.75, 3.05) is 34.0 Å². The van der Waals surface area contributed by atoms with Gasteiger partial charge in [0.05, 0.1) is 14.2 Å². The Morgan fingerprint density at radius 2 is 1.71 bits per heavy atom. The Kier molecular flexibility index (Phi) is 5.00. The van der Waals surface area contributed by atoms with E-state index >= 15 is 0 Å². The van der Waals surface area contributed by atoms with E-state index in [1.807, 2.05) is 17.0 Å². The van der Waals surface area contributed by atoms with Crippen molar-refractivity contribution in [2.45, 2.75) is 19.0 Å². The number of ether oxygens (including phenoxy) is 4. The average Bonchev–Trinajstić information content (AvgIpc) is 2.72. The molecule has 1 N–H and O–H groups in total. The van der Waals surface area contributed by atoms with Crippen LogP contribution in [0.15, 0.2) is 30.3 Å². The fourth-order valence-electron chi connectivity index (χ4n) is 3.87. The molecule has 0 amide bonds. The minimum Gasteiger partial charge on any atom is -0.493 e. The Morgan fingerprint density at radius 3 is 2.39 bits per heavy atom. The third-order valence-corrected chi connectivity index (χ3v) is 5.23. The second-order valence-electron chi connectivity index (χ2n) is 6.84. The van der Waals surface area contributed by atoms with Crippen LogP contribution in [0.25, 0.3) is 0 Å². The van der Waals surface area contributed by atoms with Gasteiger partial charge in [-0.15, -0.1) is 0 Å². The molecule has 0 saturated heterocycles. The molecule has 2 aliphatic rings. The van der Waals surface area contributed by atoms with Gasteiger partial charge in [-0.3, -0.25) is 9.69 Å². The number of benzene rings is 2. The third-order valence-electron chi connectivity index (χ3n) is 5.23. The first kappa shape index (κ1) is 18.4. The van der Waals surface area contributed by atoms with Crippen molar-refractivity contribution in [3.63, 3.8) is 0 Å². The van der Waals surface area contributed by atoms with E-state index in [0.717, 1.165) is 17.5 Å². The van der Waals surface area contributed by atoms with Gasteiger partial charge in [0.1, 0.15) is 19.3 Å². The van der Waals surface area contributed by atoms with Crippen LogP contribution in [-0.4, -0.2) is 50.0 Å². The highest BCUT2D eigenvalue weighted by Crippen LogP contribution is 2.38. The number of aliphatic carboxylic acids is 1. The van der Waals surface area contributed by atoms with Gasteiger partial charge in [-0.05, 0) is 47.4 Å². The number of fused-ring (bicyclic) bond motifs is 2. The Morgan fingerprint density at radius 1 is 1.04 bits per heavy atom. The molecule has 2 heterocycles. The normalized spacial score (nSPS) is 16.8. The van der Waals surface area contributed by atoms with Crippen LogP contribution in [0.5, 0.6) is 23.0 Å². The van der Waals surface area contributed by atoms with Gasteiger partial charge >= 0.3 is 5.97 Å². The second kappa shape index (κ2) is 7.59. The molecule has 0 aliphatic carbocycles. The molecule has 0 radical (unpaired) electrons. The lowest BCUT2D eigenvalue weighted by molar-refractivity contribution is -0.144. The lowest BCUT2D eigenvalue weighted by atomic mass is 9.95. The summed E-state index contributed by atoms with van der Waals surface area (Å²) in [6, 6.07) is 8.51. The summed E-state index contributed by atoms with van der Waals surface area (Å²) >= 11 is 0. The van der Waals surface area contributed by atoms with Crippen molar-refractivity contribution in [3.05, 3.63) is 47.0 Å². The Labute approximate surface area is 163 Å². The molecule has 7 heteroatoms. The predicted octanol–water partition coefficient (Wildman–Crippen LogP) is 2.66. The Hall–Kier alpha value is -2.93. The van der Waals surface area contributed by atoms with E-state index in [9.17, 15) is 9.90 Å². The summed E-state index contributed by atoms with van der Waals surface area (Å²) in [4.78, 5) is 14.1. The molecule has 0 unspecified atom stereocenters. The Bertz CT molecular complexity index is 897. The molecule has 2 aliphatic heterocycles. The van der Waals surface area contributed by atoms with Crippen LogP contribution in [0.3, 0.4) is 0 Å². The molecule has 7 nitrogen and oxygen atoms in total. The minimum absolute atomic E-state index is 0.465. The second-order valence-corrected chi connectivity index (χ2v) is 6.84. The molecule has 0 spiro atoms. The zero-order chi connectivity index (χ0) is 19.7. The molecule has 28 heavy (non-hydrogen) atoms. The fraction of sp³-hybridized carbons (Fsp3) is 0.381. The van der Waals surface area contributed by atoms with Gasteiger partial charge in [-0.2, -0.15) is 0 Å². The van der Waals surface area contributed by atoms with Gasteiger partial charge < -0.3 is 24.1 Å². The molecule has 0 aromatic heterocycles. The highest BCUT2D eigenvalue weighted by Gasteiger charge is 2.32. The predicted molar refractivity (Wildman–Crippen MR) is 101 cm³/mol. The topological polar surface area (TPSA) is 77.5 Å². The molecule has 1 atom stereocenters. The molecule has 148 valence electrons. The van der Waals surface area contributed by atoms with Crippen LogP contribution in [0.1, 0.15) is 22.7 Å². The SMILES string of the molecule is COc1cc2c(cc1OC)CN([C@H](C(=O)O)c1ccc3c(c1)OCCO3)CC2. The third kappa shape index (κ3) is 3.33. The first-order chi connectivity index (χ1) is 13.6. The van der Waals surface area contributed by atoms with E-state index in [0.29, 0.717) is 54.9 Å². The summed E-state index contributed by atoms with van der Waals surface area (Å²) in [5, 5.41) is 9.96. The lowest BCUT2D eigenvalue weighted by Crippen LogP contribution is -2.38. The maximum atomic E-state index is 12.1. The van der Waals surface area contributed by atoms with Gasteiger partial charge in [-0.1, -0.05) is 6.07 Å². The number of carbonyl (C=O) groups is 1. The first-order valence-corrected chi connectivity index (χ1v) is 9.21. The van der Waals surface area contributed by atoms with Crippen molar-refractivity contribution in [1.82, 2.24) is 4.90 Å². The molecule has 0 fully saturated rings. The zero-order valence-corrected chi connectivity index (χ0v) is 15.9. The van der Waals surface area contributed by atoms with Crippen LogP contribution in [-0.2, 0) is 17.8 Å². The van der Waals surface area contributed by atoms with Gasteiger partial charge in [0.25, 0.3) is 0 Å². The van der Waals surface area contributed by atoms with E-state index in [1.165, 1.54) is 0 Å². The molecule has 0 bridgehead atoms. The number of hydrogen-bond acceptors (Lipinski definition) is 6. The fourth-order valence-corrected chi connectivity index (χ4v) is 3.87. The zero-order valence-electron chi connectivity index (χ0n) is 15.9. The van der Waals surface area contributed by atoms with Gasteiger partial charge in [-0.25, -0.2) is 0 Å².